The first kappa shape index (κ1) is 17.4. The Kier molecular flexibility index (Phi) is 4.04. The summed E-state index contributed by atoms with van der Waals surface area (Å²) in [7, 11) is 0. The quantitative estimate of drug-likeness (QED) is 0.555. The van der Waals surface area contributed by atoms with E-state index in [1.807, 2.05) is 12.3 Å². The Morgan fingerprint density at radius 2 is 1.66 bits per heavy atom. The number of anilines is 1. The van der Waals surface area contributed by atoms with Gasteiger partial charge < -0.3 is 5.73 Å². The Balaban J connectivity index is 1.46. The number of nitrogens with one attached hydrogen (secondary N) is 1. The van der Waals surface area contributed by atoms with Gasteiger partial charge in [0, 0.05) is 29.7 Å². The van der Waals surface area contributed by atoms with Gasteiger partial charge in [-0.3, -0.25) is 10.1 Å². The molecule has 7 nitrogen and oxygen atoms in total. The topological polar surface area (TPSA) is 106 Å². The van der Waals surface area contributed by atoms with Crippen LogP contribution in [0.3, 0.4) is 0 Å². The lowest BCUT2D eigenvalue weighted by Gasteiger charge is -2.40. The van der Waals surface area contributed by atoms with E-state index in [-0.39, 0.29) is 17.2 Å². The zero-order chi connectivity index (χ0) is 19.8. The molecule has 1 fully saturated rings. The van der Waals surface area contributed by atoms with Crippen molar-refractivity contribution >= 4 is 5.95 Å². The number of H-pyrrole nitrogens is 1. The highest BCUT2D eigenvalue weighted by Crippen LogP contribution is 2.47. The summed E-state index contributed by atoms with van der Waals surface area (Å²) in [6.45, 7) is 0. The van der Waals surface area contributed by atoms with Gasteiger partial charge in [0.15, 0.2) is 5.82 Å². The minimum Gasteiger partial charge on any atom is -0.368 e. The van der Waals surface area contributed by atoms with E-state index in [2.05, 4.69) is 31.2 Å². The average molecular weight is 387 g/mol. The molecule has 0 saturated heterocycles. The average Bonchev–Trinajstić information content (AvgIpc) is 3.19. The molecule has 1 aliphatic carbocycles. The van der Waals surface area contributed by atoms with Gasteiger partial charge in [-0.2, -0.15) is 5.10 Å². The molecule has 0 bridgehead atoms. The van der Waals surface area contributed by atoms with E-state index in [4.69, 9.17) is 10.7 Å². The highest BCUT2D eigenvalue weighted by Gasteiger charge is 2.43. The molecule has 29 heavy (non-hydrogen) atoms. The molecule has 0 aliphatic heterocycles. The van der Waals surface area contributed by atoms with Crippen molar-refractivity contribution in [3.63, 3.8) is 0 Å². The van der Waals surface area contributed by atoms with Crippen molar-refractivity contribution < 1.29 is 4.39 Å². The molecule has 4 aromatic rings. The molecule has 3 heterocycles. The van der Waals surface area contributed by atoms with Gasteiger partial charge in [0.2, 0.25) is 5.95 Å². The number of hydrogen-bond donors (Lipinski definition) is 2. The molecule has 8 heteroatoms. The van der Waals surface area contributed by atoms with Crippen LogP contribution in [0.25, 0.3) is 22.6 Å². The van der Waals surface area contributed by atoms with Crippen LogP contribution in [0, 0.1) is 5.82 Å². The highest BCUT2D eigenvalue weighted by molar-refractivity contribution is 5.58. The van der Waals surface area contributed by atoms with Gasteiger partial charge in [-0.1, -0.05) is 12.5 Å². The normalized spacial score (nSPS) is 15.1. The number of pyridine rings is 1. The number of nitrogen functional groups attached to an aromatic ring is 1. The van der Waals surface area contributed by atoms with Crippen molar-refractivity contribution in [2.75, 3.05) is 5.73 Å². The first-order chi connectivity index (χ1) is 14.1. The molecule has 0 unspecified atom stereocenters. The van der Waals surface area contributed by atoms with Crippen LogP contribution in [-0.2, 0) is 5.41 Å². The van der Waals surface area contributed by atoms with Gasteiger partial charge in [0.25, 0.3) is 0 Å². The smallest absolute Gasteiger partial charge is 0.219 e. The maximum absolute atomic E-state index is 13.2. The van der Waals surface area contributed by atoms with Crippen molar-refractivity contribution in [1.82, 2.24) is 30.1 Å². The third-order valence-corrected chi connectivity index (χ3v) is 5.53. The molecular weight excluding hydrogens is 369 g/mol. The monoisotopic (exact) mass is 387 g/mol. The fourth-order valence-electron chi connectivity index (χ4n) is 3.71. The van der Waals surface area contributed by atoms with Crippen LogP contribution < -0.4 is 5.73 Å². The number of hydrogen-bond acceptors (Lipinski definition) is 6. The molecule has 3 aromatic heterocycles. The predicted octanol–water partition coefficient (Wildman–Crippen LogP) is 3.52. The summed E-state index contributed by atoms with van der Waals surface area (Å²) in [4.78, 5) is 17.4. The molecule has 3 N–H and O–H groups in total. The summed E-state index contributed by atoms with van der Waals surface area (Å²) in [6, 6.07) is 10.2. The van der Waals surface area contributed by atoms with E-state index in [0.717, 1.165) is 47.5 Å². The zero-order valence-electron chi connectivity index (χ0n) is 15.5. The van der Waals surface area contributed by atoms with Gasteiger partial charge in [-0.05, 0) is 48.7 Å². The molecule has 0 spiro atoms. The van der Waals surface area contributed by atoms with E-state index in [9.17, 15) is 4.39 Å². The number of rotatable bonds is 4. The molecule has 144 valence electrons. The number of aromatic amines is 1. The number of benzene rings is 1. The van der Waals surface area contributed by atoms with Gasteiger partial charge in [-0.25, -0.2) is 19.3 Å². The molecule has 1 aliphatic rings. The standard InChI is InChI=1S/C21H18FN7/c22-16-5-2-13(3-6-16)18-27-19(29-28-18)21(8-1-9-21)15-4-7-17(24-12-15)14-10-25-20(23)26-11-14/h2-7,10-12H,1,8-9H2,(H2,23,25,26)(H,27,28,29). The van der Waals surface area contributed by atoms with Crippen LogP contribution in [0.4, 0.5) is 10.3 Å². The fourth-order valence-corrected chi connectivity index (χ4v) is 3.71. The molecule has 1 saturated carbocycles. The second kappa shape index (κ2) is 6.73. The lowest BCUT2D eigenvalue weighted by molar-refractivity contribution is 0.285. The van der Waals surface area contributed by atoms with E-state index < -0.39 is 0 Å². The summed E-state index contributed by atoms with van der Waals surface area (Å²) < 4.78 is 13.2. The van der Waals surface area contributed by atoms with Crippen LogP contribution in [0.15, 0.2) is 55.0 Å². The van der Waals surface area contributed by atoms with Crippen LogP contribution >= 0.6 is 0 Å². The maximum Gasteiger partial charge on any atom is 0.219 e. The van der Waals surface area contributed by atoms with E-state index in [0.29, 0.717) is 5.82 Å². The minimum atomic E-state index is -0.280. The third-order valence-electron chi connectivity index (χ3n) is 5.53. The van der Waals surface area contributed by atoms with Crippen LogP contribution in [0.2, 0.25) is 0 Å². The Morgan fingerprint density at radius 1 is 0.897 bits per heavy atom. The van der Waals surface area contributed by atoms with Crippen LogP contribution in [0.1, 0.15) is 30.7 Å². The largest absolute Gasteiger partial charge is 0.368 e. The van der Waals surface area contributed by atoms with E-state index in [1.54, 1.807) is 24.5 Å². The number of nitrogens with zero attached hydrogens (tertiary/aromatic N) is 5. The first-order valence-electron chi connectivity index (χ1n) is 9.37. The van der Waals surface area contributed by atoms with Crippen molar-refractivity contribution in [3.05, 3.63) is 72.2 Å². The summed E-state index contributed by atoms with van der Waals surface area (Å²) >= 11 is 0. The Labute approximate surface area is 166 Å². The zero-order valence-corrected chi connectivity index (χ0v) is 15.5. The molecule has 1 aromatic carbocycles. The Bertz CT molecular complexity index is 1130. The first-order valence-corrected chi connectivity index (χ1v) is 9.37. The molecule has 0 amide bonds. The van der Waals surface area contributed by atoms with Crippen molar-refractivity contribution in [2.24, 2.45) is 0 Å². The fraction of sp³-hybridized carbons (Fsp3) is 0.190. The van der Waals surface area contributed by atoms with Crippen molar-refractivity contribution in [1.29, 1.82) is 0 Å². The van der Waals surface area contributed by atoms with Crippen molar-refractivity contribution in [2.45, 2.75) is 24.7 Å². The van der Waals surface area contributed by atoms with E-state index >= 15 is 0 Å². The van der Waals surface area contributed by atoms with Gasteiger partial charge in [0.1, 0.15) is 11.6 Å². The number of aromatic nitrogens is 6. The third kappa shape index (κ3) is 3.02. The lowest BCUT2D eigenvalue weighted by Crippen LogP contribution is -2.36. The molecular formula is C21H18FN7. The molecule has 5 rings (SSSR count). The SMILES string of the molecule is Nc1ncc(-c2ccc(C3(c4nc(-c5ccc(F)cc5)n[nH]4)CCC3)cn2)cn1. The van der Waals surface area contributed by atoms with E-state index in [1.165, 1.54) is 12.1 Å². The number of nitrogens with two attached hydrogens (primary N) is 1. The second-order valence-corrected chi connectivity index (χ2v) is 7.21. The van der Waals surface area contributed by atoms with Gasteiger partial charge >= 0.3 is 0 Å². The Morgan fingerprint density at radius 3 is 2.28 bits per heavy atom. The maximum atomic E-state index is 13.2. The number of halogens is 1. The molecule has 0 atom stereocenters. The van der Waals surface area contributed by atoms with Gasteiger partial charge in [-0.15, -0.1) is 0 Å². The predicted molar refractivity (Wildman–Crippen MR) is 106 cm³/mol. The lowest BCUT2D eigenvalue weighted by atomic mass is 9.64. The summed E-state index contributed by atoms with van der Waals surface area (Å²) in [5, 5.41) is 7.45. The summed E-state index contributed by atoms with van der Waals surface area (Å²) in [5.41, 5.74) is 8.79. The summed E-state index contributed by atoms with van der Waals surface area (Å²) in [6.07, 6.45) is 8.25. The van der Waals surface area contributed by atoms with Crippen molar-refractivity contribution in [3.8, 4) is 22.6 Å². The molecule has 0 radical (unpaired) electrons. The van der Waals surface area contributed by atoms with Crippen LogP contribution in [-0.4, -0.2) is 30.1 Å². The summed E-state index contributed by atoms with van der Waals surface area (Å²) in [5.74, 6) is 1.34. The second-order valence-electron chi connectivity index (χ2n) is 7.21. The minimum absolute atomic E-state index is 0.228. The highest BCUT2D eigenvalue weighted by atomic mass is 19.1. The van der Waals surface area contributed by atoms with Crippen LogP contribution in [0.5, 0.6) is 0 Å². The van der Waals surface area contributed by atoms with Gasteiger partial charge in [0.05, 0.1) is 11.1 Å². The Hall–Kier alpha value is -3.68.